The van der Waals surface area contributed by atoms with Crippen LogP contribution in [-0.2, 0) is 19.0 Å². The molecule has 0 aromatic heterocycles. The minimum absolute atomic E-state index is 0.277. The summed E-state index contributed by atoms with van der Waals surface area (Å²) in [5.41, 5.74) is 0. The monoisotopic (exact) mass is 249 g/mol. The Morgan fingerprint density at radius 1 is 1.06 bits per heavy atom. The smallest absolute Gasteiger partial charge is 0.329 e. The lowest BCUT2D eigenvalue weighted by molar-refractivity contribution is -0.142. The maximum atomic E-state index is 10.1. The normalized spacial score (nSPS) is 11.0. The predicted molar refractivity (Wildman–Crippen MR) is 63.2 cm³/mol. The number of carbonyl (C=O) groups is 1. The Morgan fingerprint density at radius 2 is 1.59 bits per heavy atom. The molecule has 0 aromatic rings. The third-order valence-corrected chi connectivity index (χ3v) is 1.77. The number of carboxylic acid groups (broad SMARTS) is 1. The van der Waals surface area contributed by atoms with Crippen molar-refractivity contribution in [3.8, 4) is 0 Å². The highest BCUT2D eigenvalue weighted by molar-refractivity contribution is 5.67. The summed E-state index contributed by atoms with van der Waals surface area (Å²) in [6, 6.07) is 0.473. The lowest BCUT2D eigenvalue weighted by Gasteiger charge is -2.08. The van der Waals surface area contributed by atoms with Gasteiger partial charge in [-0.15, -0.1) is 0 Å². The fraction of sp³-hybridized carbons (Fsp3) is 0.909. The average molecular weight is 249 g/mol. The molecule has 6 heteroatoms. The average Bonchev–Trinajstić information content (AvgIpc) is 2.25. The number of ether oxygens (including phenoxy) is 3. The molecule has 0 radical (unpaired) electrons. The van der Waals surface area contributed by atoms with Crippen molar-refractivity contribution in [3.05, 3.63) is 0 Å². The number of hydrogen-bond acceptors (Lipinski definition) is 5. The second-order valence-electron chi connectivity index (χ2n) is 3.78. The van der Waals surface area contributed by atoms with Crippen molar-refractivity contribution in [1.29, 1.82) is 0 Å². The highest BCUT2D eigenvalue weighted by atomic mass is 16.5. The fourth-order valence-corrected chi connectivity index (χ4v) is 1.02. The van der Waals surface area contributed by atoms with E-state index in [2.05, 4.69) is 19.2 Å². The van der Waals surface area contributed by atoms with Gasteiger partial charge in [0.2, 0.25) is 0 Å². The molecule has 2 N–H and O–H groups in total. The van der Waals surface area contributed by atoms with Gasteiger partial charge in [0.25, 0.3) is 0 Å². The Morgan fingerprint density at radius 3 is 2.12 bits per heavy atom. The first-order chi connectivity index (χ1) is 8.13. The van der Waals surface area contributed by atoms with Gasteiger partial charge in [0.1, 0.15) is 6.61 Å². The molecular weight excluding hydrogens is 226 g/mol. The van der Waals surface area contributed by atoms with Crippen LogP contribution in [-0.4, -0.2) is 63.3 Å². The molecule has 6 nitrogen and oxygen atoms in total. The number of hydrogen-bond donors (Lipinski definition) is 2. The van der Waals surface area contributed by atoms with Gasteiger partial charge in [-0.25, -0.2) is 4.79 Å². The lowest BCUT2D eigenvalue weighted by atomic mass is 10.4. The van der Waals surface area contributed by atoms with Crippen LogP contribution in [0.25, 0.3) is 0 Å². The second kappa shape index (κ2) is 11.8. The van der Waals surface area contributed by atoms with Gasteiger partial charge < -0.3 is 24.6 Å². The zero-order valence-corrected chi connectivity index (χ0v) is 10.6. The molecule has 0 aliphatic rings. The molecule has 0 spiro atoms. The molecular formula is C11H23NO5. The van der Waals surface area contributed by atoms with E-state index in [-0.39, 0.29) is 6.61 Å². The Labute approximate surface area is 102 Å². The Hall–Kier alpha value is -0.690. The van der Waals surface area contributed by atoms with Crippen molar-refractivity contribution in [1.82, 2.24) is 5.32 Å². The standard InChI is InChI=1S/C11H23NO5/c1-10(2)12-3-4-15-5-6-16-7-8-17-9-11(13)14/h10,12H,3-9H2,1-2H3,(H,13,14). The first-order valence-corrected chi connectivity index (χ1v) is 5.81. The molecule has 0 bridgehead atoms. The summed E-state index contributed by atoms with van der Waals surface area (Å²) in [6.45, 7) is 7.11. The number of rotatable bonds is 12. The minimum Gasteiger partial charge on any atom is -0.480 e. The topological polar surface area (TPSA) is 77.0 Å². The number of nitrogens with one attached hydrogen (secondary N) is 1. The Kier molecular flexibility index (Phi) is 11.3. The molecule has 0 saturated carbocycles. The summed E-state index contributed by atoms with van der Waals surface area (Å²) < 4.78 is 15.3. The maximum absolute atomic E-state index is 10.1. The molecule has 17 heavy (non-hydrogen) atoms. The summed E-state index contributed by atoms with van der Waals surface area (Å²) in [5.74, 6) is -0.967. The molecule has 0 amide bonds. The van der Waals surface area contributed by atoms with E-state index in [0.29, 0.717) is 39.1 Å². The molecule has 0 heterocycles. The van der Waals surface area contributed by atoms with Gasteiger partial charge in [-0.1, -0.05) is 13.8 Å². The zero-order chi connectivity index (χ0) is 12.9. The van der Waals surface area contributed by atoms with Crippen molar-refractivity contribution < 1.29 is 24.1 Å². The highest BCUT2D eigenvalue weighted by Crippen LogP contribution is 1.82. The molecule has 102 valence electrons. The van der Waals surface area contributed by atoms with Crippen LogP contribution < -0.4 is 5.32 Å². The lowest BCUT2D eigenvalue weighted by Crippen LogP contribution is -2.27. The van der Waals surface area contributed by atoms with Crippen molar-refractivity contribution in [2.75, 3.05) is 46.2 Å². The number of carboxylic acids is 1. The van der Waals surface area contributed by atoms with Crippen LogP contribution in [0, 0.1) is 0 Å². The van der Waals surface area contributed by atoms with Crippen LogP contribution in [0.5, 0.6) is 0 Å². The molecule has 0 saturated heterocycles. The summed E-state index contributed by atoms with van der Waals surface area (Å²) >= 11 is 0. The summed E-state index contributed by atoms with van der Waals surface area (Å²) in [5, 5.41) is 11.5. The minimum atomic E-state index is -0.967. The molecule has 0 atom stereocenters. The predicted octanol–water partition coefficient (Wildman–Crippen LogP) is 0.119. The van der Waals surface area contributed by atoms with Crippen LogP contribution in [0.2, 0.25) is 0 Å². The first-order valence-electron chi connectivity index (χ1n) is 5.81. The van der Waals surface area contributed by atoms with E-state index in [1.165, 1.54) is 0 Å². The second-order valence-corrected chi connectivity index (χ2v) is 3.78. The molecule has 0 unspecified atom stereocenters. The summed E-state index contributed by atoms with van der Waals surface area (Å²) in [7, 11) is 0. The third kappa shape index (κ3) is 15.3. The maximum Gasteiger partial charge on any atom is 0.329 e. The zero-order valence-electron chi connectivity index (χ0n) is 10.6. The first kappa shape index (κ1) is 16.3. The van der Waals surface area contributed by atoms with E-state index in [4.69, 9.17) is 19.3 Å². The van der Waals surface area contributed by atoms with Crippen LogP contribution >= 0.6 is 0 Å². The Bertz CT molecular complexity index is 187. The van der Waals surface area contributed by atoms with Gasteiger partial charge in [-0.3, -0.25) is 0 Å². The summed E-state index contributed by atoms with van der Waals surface area (Å²) in [6.07, 6.45) is 0. The molecule has 0 aliphatic carbocycles. The van der Waals surface area contributed by atoms with Crippen molar-refractivity contribution >= 4 is 5.97 Å². The molecule has 0 aliphatic heterocycles. The van der Waals surface area contributed by atoms with Crippen LogP contribution in [0.15, 0.2) is 0 Å². The highest BCUT2D eigenvalue weighted by Gasteiger charge is 1.96. The van der Waals surface area contributed by atoms with E-state index in [9.17, 15) is 4.79 Å². The van der Waals surface area contributed by atoms with E-state index < -0.39 is 5.97 Å². The van der Waals surface area contributed by atoms with Gasteiger partial charge in [-0.2, -0.15) is 0 Å². The third-order valence-electron chi connectivity index (χ3n) is 1.77. The van der Waals surface area contributed by atoms with Crippen molar-refractivity contribution in [2.45, 2.75) is 19.9 Å². The fourth-order valence-electron chi connectivity index (χ4n) is 1.02. The van der Waals surface area contributed by atoms with E-state index in [0.717, 1.165) is 6.54 Å². The summed E-state index contributed by atoms with van der Waals surface area (Å²) in [4.78, 5) is 10.1. The van der Waals surface area contributed by atoms with Crippen molar-refractivity contribution in [2.24, 2.45) is 0 Å². The van der Waals surface area contributed by atoms with Crippen molar-refractivity contribution in [3.63, 3.8) is 0 Å². The SMILES string of the molecule is CC(C)NCCOCCOCCOCC(=O)O. The molecule has 0 fully saturated rings. The van der Waals surface area contributed by atoms with Crippen LogP contribution in [0.4, 0.5) is 0 Å². The van der Waals surface area contributed by atoms with E-state index in [1.54, 1.807) is 0 Å². The van der Waals surface area contributed by atoms with Gasteiger partial charge in [-0.05, 0) is 0 Å². The van der Waals surface area contributed by atoms with Gasteiger partial charge in [0.15, 0.2) is 0 Å². The van der Waals surface area contributed by atoms with Crippen LogP contribution in [0.1, 0.15) is 13.8 Å². The largest absolute Gasteiger partial charge is 0.480 e. The van der Waals surface area contributed by atoms with Gasteiger partial charge in [0, 0.05) is 12.6 Å². The molecule has 0 rings (SSSR count). The quantitative estimate of drug-likeness (QED) is 0.478. The van der Waals surface area contributed by atoms with Crippen LogP contribution in [0.3, 0.4) is 0 Å². The van der Waals surface area contributed by atoms with Gasteiger partial charge in [0.05, 0.1) is 33.0 Å². The molecule has 0 aromatic carbocycles. The van der Waals surface area contributed by atoms with E-state index in [1.807, 2.05) is 0 Å². The Balaban J connectivity index is 2.96. The van der Waals surface area contributed by atoms with E-state index >= 15 is 0 Å². The number of aliphatic carboxylic acids is 1. The van der Waals surface area contributed by atoms with Gasteiger partial charge >= 0.3 is 5.97 Å².